The Labute approximate surface area is 117 Å². The fourth-order valence-corrected chi connectivity index (χ4v) is 3.20. The van der Waals surface area contributed by atoms with Crippen molar-refractivity contribution in [2.24, 2.45) is 5.92 Å². The lowest BCUT2D eigenvalue weighted by atomic mass is 10.0. The average Bonchev–Trinajstić information content (AvgIpc) is 2.85. The van der Waals surface area contributed by atoms with Gasteiger partial charge in [-0.2, -0.15) is 0 Å². The summed E-state index contributed by atoms with van der Waals surface area (Å²) in [6.07, 6.45) is 4.08. The summed E-state index contributed by atoms with van der Waals surface area (Å²) in [5.41, 5.74) is 0. The molecule has 2 fully saturated rings. The van der Waals surface area contributed by atoms with Gasteiger partial charge in [-0.05, 0) is 32.4 Å². The van der Waals surface area contributed by atoms with Crippen LogP contribution in [0, 0.1) is 5.92 Å². The Morgan fingerprint density at radius 3 is 3.00 bits per heavy atom. The van der Waals surface area contributed by atoms with Crippen LogP contribution in [0.3, 0.4) is 0 Å². The van der Waals surface area contributed by atoms with Crippen molar-refractivity contribution in [1.29, 1.82) is 0 Å². The summed E-state index contributed by atoms with van der Waals surface area (Å²) < 4.78 is 11.5. The number of rotatable bonds is 7. The van der Waals surface area contributed by atoms with E-state index in [1.165, 1.54) is 19.4 Å². The number of nitrogens with one attached hydrogen (secondary N) is 1. The molecule has 3 unspecified atom stereocenters. The van der Waals surface area contributed by atoms with Crippen molar-refractivity contribution in [2.45, 2.75) is 45.3 Å². The van der Waals surface area contributed by atoms with E-state index < -0.39 is 0 Å². The van der Waals surface area contributed by atoms with Gasteiger partial charge in [-0.15, -0.1) is 0 Å². The normalized spacial score (nSPS) is 32.8. The van der Waals surface area contributed by atoms with Gasteiger partial charge in [0, 0.05) is 31.7 Å². The van der Waals surface area contributed by atoms with Gasteiger partial charge in [0.25, 0.3) is 0 Å². The summed E-state index contributed by atoms with van der Waals surface area (Å²) in [5, 5.41) is 3.55. The minimum atomic E-state index is 0.452. The molecule has 2 aliphatic heterocycles. The van der Waals surface area contributed by atoms with Gasteiger partial charge in [-0.1, -0.05) is 13.8 Å². The zero-order valence-electron chi connectivity index (χ0n) is 12.6. The van der Waals surface area contributed by atoms with E-state index in [4.69, 9.17) is 9.47 Å². The van der Waals surface area contributed by atoms with Crippen molar-refractivity contribution in [3.05, 3.63) is 0 Å². The van der Waals surface area contributed by atoms with Crippen molar-refractivity contribution >= 4 is 0 Å². The van der Waals surface area contributed by atoms with E-state index in [1.807, 2.05) is 0 Å². The van der Waals surface area contributed by atoms with Crippen LogP contribution in [0.4, 0.5) is 0 Å². The highest BCUT2D eigenvalue weighted by molar-refractivity contribution is 4.85. The molecule has 0 radical (unpaired) electrons. The van der Waals surface area contributed by atoms with Crippen LogP contribution in [0.5, 0.6) is 0 Å². The summed E-state index contributed by atoms with van der Waals surface area (Å²) in [4.78, 5) is 2.58. The van der Waals surface area contributed by atoms with E-state index in [0.717, 1.165) is 45.9 Å². The molecular weight excluding hydrogens is 240 g/mol. The van der Waals surface area contributed by atoms with Crippen LogP contribution in [0.1, 0.15) is 33.1 Å². The molecule has 0 aromatic heterocycles. The van der Waals surface area contributed by atoms with Gasteiger partial charge >= 0.3 is 0 Å². The Kier molecular flexibility index (Phi) is 6.57. The Morgan fingerprint density at radius 1 is 1.32 bits per heavy atom. The SMILES string of the molecule is CCCOC1CCCN(CC2COCC2NCC)C1. The molecule has 0 spiro atoms. The Morgan fingerprint density at radius 2 is 2.21 bits per heavy atom. The highest BCUT2D eigenvalue weighted by Crippen LogP contribution is 2.19. The average molecular weight is 270 g/mol. The lowest BCUT2D eigenvalue weighted by Crippen LogP contribution is -2.46. The third kappa shape index (κ3) is 4.71. The van der Waals surface area contributed by atoms with Crippen LogP contribution < -0.4 is 5.32 Å². The van der Waals surface area contributed by atoms with E-state index >= 15 is 0 Å². The quantitative estimate of drug-likeness (QED) is 0.760. The molecule has 0 aromatic rings. The smallest absolute Gasteiger partial charge is 0.0702 e. The van der Waals surface area contributed by atoms with Crippen molar-refractivity contribution < 1.29 is 9.47 Å². The minimum absolute atomic E-state index is 0.452. The van der Waals surface area contributed by atoms with Gasteiger partial charge < -0.3 is 19.7 Å². The van der Waals surface area contributed by atoms with Gasteiger partial charge in [0.05, 0.1) is 19.3 Å². The van der Waals surface area contributed by atoms with Crippen molar-refractivity contribution in [2.75, 3.05) is 46.0 Å². The molecule has 19 heavy (non-hydrogen) atoms. The first kappa shape index (κ1) is 15.2. The summed E-state index contributed by atoms with van der Waals surface area (Å²) in [6.45, 7) is 11.6. The van der Waals surface area contributed by atoms with Crippen LogP contribution >= 0.6 is 0 Å². The molecule has 4 nitrogen and oxygen atoms in total. The fourth-order valence-electron chi connectivity index (χ4n) is 3.20. The third-order valence-electron chi connectivity index (χ3n) is 4.18. The van der Waals surface area contributed by atoms with Crippen molar-refractivity contribution in [3.63, 3.8) is 0 Å². The first-order valence-electron chi connectivity index (χ1n) is 7.98. The van der Waals surface area contributed by atoms with Crippen LogP contribution in [-0.4, -0.2) is 63.0 Å². The van der Waals surface area contributed by atoms with Crippen molar-refractivity contribution in [3.8, 4) is 0 Å². The van der Waals surface area contributed by atoms with Crippen LogP contribution in [0.2, 0.25) is 0 Å². The lowest BCUT2D eigenvalue weighted by molar-refractivity contribution is -0.00483. The van der Waals surface area contributed by atoms with E-state index in [0.29, 0.717) is 18.1 Å². The zero-order valence-corrected chi connectivity index (χ0v) is 12.6. The lowest BCUT2D eigenvalue weighted by Gasteiger charge is -2.35. The van der Waals surface area contributed by atoms with E-state index in [9.17, 15) is 0 Å². The molecule has 0 aliphatic carbocycles. The second-order valence-corrected chi connectivity index (χ2v) is 5.86. The molecule has 112 valence electrons. The van der Waals surface area contributed by atoms with Gasteiger partial charge in [0.2, 0.25) is 0 Å². The summed E-state index contributed by atoms with van der Waals surface area (Å²) >= 11 is 0. The Bertz CT molecular complexity index is 250. The maximum Gasteiger partial charge on any atom is 0.0702 e. The molecule has 3 atom stereocenters. The third-order valence-corrected chi connectivity index (χ3v) is 4.18. The molecule has 1 N–H and O–H groups in total. The highest BCUT2D eigenvalue weighted by Gasteiger charge is 2.30. The number of likely N-dealkylation sites (tertiary alicyclic amines) is 1. The first-order valence-corrected chi connectivity index (χ1v) is 7.98. The zero-order chi connectivity index (χ0) is 13.5. The standard InChI is InChI=1S/C15H30N2O2/c1-3-8-19-14-6-5-7-17(10-14)9-13-11-18-12-15(13)16-4-2/h13-16H,3-12H2,1-2H3. The van der Waals surface area contributed by atoms with E-state index in [2.05, 4.69) is 24.1 Å². The number of ether oxygens (including phenoxy) is 2. The number of piperidine rings is 1. The maximum atomic E-state index is 5.91. The van der Waals surface area contributed by atoms with Crippen LogP contribution in [0.25, 0.3) is 0 Å². The fraction of sp³-hybridized carbons (Fsp3) is 1.00. The molecule has 2 heterocycles. The predicted octanol–water partition coefficient (Wildman–Crippen LogP) is 1.50. The summed E-state index contributed by atoms with van der Waals surface area (Å²) in [5.74, 6) is 0.643. The summed E-state index contributed by atoms with van der Waals surface area (Å²) in [7, 11) is 0. The second-order valence-electron chi connectivity index (χ2n) is 5.86. The van der Waals surface area contributed by atoms with Gasteiger partial charge in [0.15, 0.2) is 0 Å². The molecule has 4 heteroatoms. The minimum Gasteiger partial charge on any atom is -0.379 e. The maximum absolute atomic E-state index is 5.91. The second kappa shape index (κ2) is 8.20. The molecule has 0 bridgehead atoms. The van der Waals surface area contributed by atoms with Crippen LogP contribution in [-0.2, 0) is 9.47 Å². The molecule has 0 aromatic carbocycles. The van der Waals surface area contributed by atoms with Gasteiger partial charge in [0.1, 0.15) is 0 Å². The van der Waals surface area contributed by atoms with E-state index in [1.54, 1.807) is 0 Å². The van der Waals surface area contributed by atoms with E-state index in [-0.39, 0.29) is 0 Å². The molecule has 2 saturated heterocycles. The van der Waals surface area contributed by atoms with Gasteiger partial charge in [-0.25, -0.2) is 0 Å². The van der Waals surface area contributed by atoms with Crippen molar-refractivity contribution in [1.82, 2.24) is 10.2 Å². The number of likely N-dealkylation sites (N-methyl/N-ethyl adjacent to an activating group) is 1. The number of hydrogen-bond donors (Lipinski definition) is 1. The van der Waals surface area contributed by atoms with Crippen LogP contribution in [0.15, 0.2) is 0 Å². The number of hydrogen-bond acceptors (Lipinski definition) is 4. The highest BCUT2D eigenvalue weighted by atomic mass is 16.5. The molecule has 2 aliphatic rings. The molecular formula is C15H30N2O2. The molecule has 2 rings (SSSR count). The monoisotopic (exact) mass is 270 g/mol. The predicted molar refractivity (Wildman–Crippen MR) is 77.5 cm³/mol. The number of nitrogens with zero attached hydrogens (tertiary/aromatic N) is 1. The summed E-state index contributed by atoms with van der Waals surface area (Å²) in [6, 6.07) is 0.543. The molecule has 0 amide bonds. The van der Waals surface area contributed by atoms with Gasteiger partial charge in [-0.3, -0.25) is 0 Å². The largest absolute Gasteiger partial charge is 0.379 e. The Balaban J connectivity index is 1.75. The topological polar surface area (TPSA) is 33.7 Å². The molecule has 0 saturated carbocycles. The Hall–Kier alpha value is -0.160. The first-order chi connectivity index (χ1) is 9.33.